The van der Waals surface area contributed by atoms with Gasteiger partial charge < -0.3 is 20.9 Å². The van der Waals surface area contributed by atoms with Crippen LogP contribution in [0.2, 0.25) is 0 Å². The number of benzene rings is 1. The van der Waals surface area contributed by atoms with Gasteiger partial charge >= 0.3 is 5.97 Å². The lowest BCUT2D eigenvalue weighted by molar-refractivity contribution is -0.142. The van der Waals surface area contributed by atoms with Gasteiger partial charge in [-0.3, -0.25) is 9.59 Å². The van der Waals surface area contributed by atoms with E-state index in [0.29, 0.717) is 6.61 Å². The van der Waals surface area contributed by atoms with Gasteiger partial charge in [0.05, 0.1) is 18.7 Å². The highest BCUT2D eigenvalue weighted by Crippen LogP contribution is 2.20. The van der Waals surface area contributed by atoms with Gasteiger partial charge in [-0.15, -0.1) is 0 Å². The summed E-state index contributed by atoms with van der Waals surface area (Å²) in [6.07, 6.45) is 0.112. The number of nitrogen functional groups attached to an aromatic ring is 1. The molecular weight excluding hydrogens is 236 g/mol. The van der Waals surface area contributed by atoms with E-state index < -0.39 is 0 Å². The Kier molecular flexibility index (Phi) is 4.98. The number of aromatic hydroxyl groups is 1. The fraction of sp³-hybridized carbons (Fsp3) is 0.333. The largest absolute Gasteiger partial charge is 0.506 e. The molecule has 6 nitrogen and oxygen atoms in total. The molecule has 0 bridgehead atoms. The van der Waals surface area contributed by atoms with Crippen LogP contribution >= 0.6 is 0 Å². The first kappa shape index (κ1) is 13.8. The van der Waals surface area contributed by atoms with Gasteiger partial charge in [0.1, 0.15) is 5.75 Å². The normalized spacial score (nSPS) is 9.83. The third-order valence-corrected chi connectivity index (χ3v) is 2.21. The summed E-state index contributed by atoms with van der Waals surface area (Å²) < 4.78 is 4.72. The van der Waals surface area contributed by atoms with Crippen LogP contribution in [0.15, 0.2) is 18.2 Å². The molecule has 0 aliphatic carbocycles. The molecule has 18 heavy (non-hydrogen) atoms. The Bertz CT molecular complexity index is 446. The van der Waals surface area contributed by atoms with E-state index in [9.17, 15) is 14.7 Å². The molecular formula is C12H16N2O4. The van der Waals surface area contributed by atoms with E-state index in [1.54, 1.807) is 6.92 Å². The molecule has 0 fully saturated rings. The van der Waals surface area contributed by atoms with Crippen molar-refractivity contribution in [3.8, 4) is 5.75 Å². The summed E-state index contributed by atoms with van der Waals surface area (Å²) in [5, 5.41) is 11.9. The predicted molar refractivity (Wildman–Crippen MR) is 66.1 cm³/mol. The number of ether oxygens (including phenoxy) is 1. The summed E-state index contributed by atoms with van der Waals surface area (Å²) in [5.74, 6) is -0.888. The average Bonchev–Trinajstić information content (AvgIpc) is 2.33. The van der Waals surface area contributed by atoms with Crippen LogP contribution in [-0.2, 0) is 9.53 Å². The molecule has 1 amide bonds. The molecule has 0 saturated carbocycles. The summed E-state index contributed by atoms with van der Waals surface area (Å²) in [5.41, 5.74) is 5.91. The van der Waals surface area contributed by atoms with Crippen LogP contribution in [0.3, 0.4) is 0 Å². The topological polar surface area (TPSA) is 102 Å². The van der Waals surface area contributed by atoms with Crippen LogP contribution < -0.4 is 11.1 Å². The van der Waals surface area contributed by atoms with E-state index in [1.165, 1.54) is 18.2 Å². The minimum atomic E-state index is -0.380. The summed E-state index contributed by atoms with van der Waals surface area (Å²) in [6, 6.07) is 4.21. The van der Waals surface area contributed by atoms with Gasteiger partial charge in [-0.25, -0.2) is 0 Å². The lowest BCUT2D eigenvalue weighted by Gasteiger charge is -2.06. The minimum Gasteiger partial charge on any atom is -0.506 e. The number of phenols is 1. The lowest BCUT2D eigenvalue weighted by atomic mass is 10.2. The third-order valence-electron chi connectivity index (χ3n) is 2.21. The van der Waals surface area contributed by atoms with Crippen LogP contribution in [0.1, 0.15) is 23.7 Å². The number of nitrogens with two attached hydrogens (primary N) is 1. The number of hydrogen-bond acceptors (Lipinski definition) is 5. The minimum absolute atomic E-state index is 0.112. The number of carbonyl (C=O) groups excluding carboxylic acids is 2. The number of nitrogens with one attached hydrogen (secondary N) is 1. The number of anilines is 1. The van der Waals surface area contributed by atoms with Crippen LogP contribution in [0.5, 0.6) is 5.75 Å². The molecule has 6 heteroatoms. The predicted octanol–water partition coefficient (Wildman–Crippen LogP) is 0.657. The average molecular weight is 252 g/mol. The van der Waals surface area contributed by atoms with Crippen molar-refractivity contribution in [2.75, 3.05) is 18.9 Å². The van der Waals surface area contributed by atoms with Gasteiger partial charge in [0.25, 0.3) is 5.91 Å². The van der Waals surface area contributed by atoms with Gasteiger partial charge in [-0.1, -0.05) is 0 Å². The highest BCUT2D eigenvalue weighted by Gasteiger charge is 2.08. The number of esters is 1. The molecule has 1 aromatic carbocycles. The maximum atomic E-state index is 11.6. The SMILES string of the molecule is CCOC(=O)CCNC(=O)c1ccc(N)c(O)c1. The van der Waals surface area contributed by atoms with E-state index in [1.807, 2.05) is 0 Å². The molecule has 0 aliphatic heterocycles. The second kappa shape index (κ2) is 6.48. The molecule has 0 aromatic heterocycles. The van der Waals surface area contributed by atoms with Gasteiger partial charge in [0.15, 0.2) is 0 Å². The van der Waals surface area contributed by atoms with E-state index >= 15 is 0 Å². The second-order valence-corrected chi connectivity index (χ2v) is 3.58. The molecule has 0 unspecified atom stereocenters. The first-order valence-electron chi connectivity index (χ1n) is 5.57. The Morgan fingerprint density at radius 3 is 2.78 bits per heavy atom. The fourth-order valence-corrected chi connectivity index (χ4v) is 1.30. The van der Waals surface area contributed by atoms with Gasteiger partial charge in [0.2, 0.25) is 0 Å². The highest BCUT2D eigenvalue weighted by molar-refractivity contribution is 5.95. The Morgan fingerprint density at radius 2 is 2.17 bits per heavy atom. The van der Waals surface area contributed by atoms with Crippen molar-refractivity contribution >= 4 is 17.6 Å². The maximum absolute atomic E-state index is 11.6. The smallest absolute Gasteiger partial charge is 0.307 e. The van der Waals surface area contributed by atoms with Crippen molar-refractivity contribution in [3.05, 3.63) is 23.8 Å². The zero-order valence-corrected chi connectivity index (χ0v) is 10.1. The van der Waals surface area contributed by atoms with Crippen molar-refractivity contribution in [1.29, 1.82) is 0 Å². The molecule has 0 saturated heterocycles. The number of amides is 1. The number of phenolic OH excluding ortho intramolecular Hbond substituents is 1. The molecule has 0 atom stereocenters. The van der Waals surface area contributed by atoms with E-state index in [0.717, 1.165) is 0 Å². The first-order valence-corrected chi connectivity index (χ1v) is 5.57. The van der Waals surface area contributed by atoms with Crippen LogP contribution in [0.25, 0.3) is 0 Å². The summed E-state index contributed by atoms with van der Waals surface area (Å²) in [7, 11) is 0. The van der Waals surface area contributed by atoms with Crippen LogP contribution in [0.4, 0.5) is 5.69 Å². The molecule has 1 rings (SSSR count). The summed E-state index contributed by atoms with van der Waals surface area (Å²) >= 11 is 0. The van der Waals surface area contributed by atoms with Crippen molar-refractivity contribution in [1.82, 2.24) is 5.32 Å². The van der Waals surface area contributed by atoms with Crippen molar-refractivity contribution < 1.29 is 19.4 Å². The number of carbonyl (C=O) groups is 2. The Hall–Kier alpha value is -2.24. The van der Waals surface area contributed by atoms with Crippen molar-refractivity contribution in [2.45, 2.75) is 13.3 Å². The van der Waals surface area contributed by atoms with E-state index in [2.05, 4.69) is 5.32 Å². The van der Waals surface area contributed by atoms with Crippen LogP contribution in [-0.4, -0.2) is 30.1 Å². The molecule has 98 valence electrons. The quantitative estimate of drug-likeness (QED) is 0.406. The number of rotatable bonds is 5. The van der Waals surface area contributed by atoms with E-state index in [4.69, 9.17) is 10.5 Å². The van der Waals surface area contributed by atoms with Gasteiger partial charge in [0, 0.05) is 12.1 Å². The molecule has 4 N–H and O–H groups in total. The monoisotopic (exact) mass is 252 g/mol. The maximum Gasteiger partial charge on any atom is 0.307 e. The fourth-order valence-electron chi connectivity index (χ4n) is 1.30. The standard InChI is InChI=1S/C12H16N2O4/c1-2-18-11(16)5-6-14-12(17)8-3-4-9(13)10(15)7-8/h3-4,7,15H,2,5-6,13H2,1H3,(H,14,17). The highest BCUT2D eigenvalue weighted by atomic mass is 16.5. The Labute approximate surface area is 105 Å². The zero-order valence-electron chi connectivity index (χ0n) is 10.1. The molecule has 0 radical (unpaired) electrons. The molecule has 0 heterocycles. The summed E-state index contributed by atoms with van der Waals surface area (Å²) in [4.78, 5) is 22.7. The molecule has 0 spiro atoms. The Morgan fingerprint density at radius 1 is 1.44 bits per heavy atom. The Balaban J connectivity index is 2.45. The summed E-state index contributed by atoms with van der Waals surface area (Å²) in [6.45, 7) is 2.22. The molecule has 1 aromatic rings. The van der Waals surface area contributed by atoms with Gasteiger partial charge in [-0.05, 0) is 25.1 Å². The van der Waals surface area contributed by atoms with Crippen LogP contribution in [0, 0.1) is 0 Å². The lowest BCUT2D eigenvalue weighted by Crippen LogP contribution is -2.26. The van der Waals surface area contributed by atoms with Crippen molar-refractivity contribution in [3.63, 3.8) is 0 Å². The first-order chi connectivity index (χ1) is 8.54. The molecule has 0 aliphatic rings. The zero-order chi connectivity index (χ0) is 13.5. The number of hydrogen-bond donors (Lipinski definition) is 3. The van der Waals surface area contributed by atoms with Crippen molar-refractivity contribution in [2.24, 2.45) is 0 Å². The van der Waals surface area contributed by atoms with Gasteiger partial charge in [-0.2, -0.15) is 0 Å². The van der Waals surface area contributed by atoms with E-state index in [-0.39, 0.29) is 41.8 Å². The second-order valence-electron chi connectivity index (χ2n) is 3.58. The third kappa shape index (κ3) is 3.97.